The smallest absolute Gasteiger partial charge is 0.261 e. The number of hydrogen-bond donors (Lipinski definition) is 1. The fraction of sp³-hybridized carbons (Fsp3) is 0.167. The second-order valence-corrected chi connectivity index (χ2v) is 8.27. The average Bonchev–Trinajstić information content (AvgIpc) is 2.72. The van der Waals surface area contributed by atoms with Crippen molar-refractivity contribution in [3.8, 4) is 11.3 Å². The molecule has 0 fully saturated rings. The number of aromatic nitrogens is 2. The molecule has 0 bridgehead atoms. The quantitative estimate of drug-likeness (QED) is 0.398. The van der Waals surface area contributed by atoms with Gasteiger partial charge in [-0.15, -0.1) is 0 Å². The van der Waals surface area contributed by atoms with Crippen LogP contribution in [0.15, 0.2) is 70.1 Å². The van der Waals surface area contributed by atoms with E-state index < -0.39 is 0 Å². The number of rotatable bonds is 4. The molecule has 0 aliphatic heterocycles. The lowest BCUT2D eigenvalue weighted by Crippen LogP contribution is -2.22. The van der Waals surface area contributed by atoms with Crippen LogP contribution in [0.25, 0.3) is 16.9 Å². The molecule has 30 heavy (non-hydrogen) atoms. The lowest BCUT2D eigenvalue weighted by molar-refractivity contribution is 0.628. The molecule has 0 amide bonds. The summed E-state index contributed by atoms with van der Waals surface area (Å²) in [5.41, 5.74) is 4.77. The Balaban J connectivity index is 1.91. The molecular formula is C24H21BrFN3O. The highest BCUT2D eigenvalue weighted by Gasteiger charge is 2.18. The number of pyridine rings is 1. The summed E-state index contributed by atoms with van der Waals surface area (Å²) < 4.78 is 16.4. The van der Waals surface area contributed by atoms with Gasteiger partial charge in [0.05, 0.1) is 11.7 Å². The predicted molar refractivity (Wildman–Crippen MR) is 123 cm³/mol. The molecule has 0 saturated carbocycles. The Morgan fingerprint density at radius 1 is 1.10 bits per heavy atom. The SMILES string of the molecule is Cc1cc(C(C)Nc2ccccc2Br)c2nc(-c3cccc(F)c3)c(C)c(=O)n2c1. The van der Waals surface area contributed by atoms with Crippen molar-refractivity contribution in [2.75, 3.05) is 5.32 Å². The van der Waals surface area contributed by atoms with Gasteiger partial charge in [-0.25, -0.2) is 9.37 Å². The molecule has 2 aromatic heterocycles. The molecule has 0 spiro atoms. The zero-order valence-corrected chi connectivity index (χ0v) is 18.5. The van der Waals surface area contributed by atoms with E-state index >= 15 is 0 Å². The number of benzene rings is 2. The molecular weight excluding hydrogens is 445 g/mol. The van der Waals surface area contributed by atoms with Crippen LogP contribution in [-0.4, -0.2) is 9.38 Å². The Hall–Kier alpha value is -2.99. The molecule has 2 aromatic carbocycles. The Kier molecular flexibility index (Phi) is 5.43. The van der Waals surface area contributed by atoms with Gasteiger partial charge < -0.3 is 5.32 Å². The number of aryl methyl sites for hydroxylation is 1. The Bertz CT molecular complexity index is 1320. The molecule has 4 aromatic rings. The van der Waals surface area contributed by atoms with Gasteiger partial charge in [-0.1, -0.05) is 24.3 Å². The lowest BCUT2D eigenvalue weighted by atomic mass is 10.0. The van der Waals surface area contributed by atoms with Gasteiger partial charge in [-0.2, -0.15) is 0 Å². The summed E-state index contributed by atoms with van der Waals surface area (Å²) in [5.74, 6) is -0.359. The van der Waals surface area contributed by atoms with Crippen molar-refractivity contribution < 1.29 is 4.39 Å². The lowest BCUT2D eigenvalue weighted by Gasteiger charge is -2.20. The summed E-state index contributed by atoms with van der Waals surface area (Å²) in [6, 6.07) is 16.0. The van der Waals surface area contributed by atoms with Gasteiger partial charge in [0.15, 0.2) is 0 Å². The first kappa shape index (κ1) is 20.3. The minimum absolute atomic E-state index is 0.117. The highest BCUT2D eigenvalue weighted by molar-refractivity contribution is 9.10. The second-order valence-electron chi connectivity index (χ2n) is 7.41. The maximum absolute atomic E-state index is 13.8. The van der Waals surface area contributed by atoms with Gasteiger partial charge in [0, 0.05) is 33.0 Å². The first-order chi connectivity index (χ1) is 14.3. The highest BCUT2D eigenvalue weighted by Crippen LogP contribution is 2.29. The average molecular weight is 466 g/mol. The minimum atomic E-state index is -0.359. The number of fused-ring (bicyclic) bond motifs is 1. The maximum atomic E-state index is 13.8. The normalized spacial score (nSPS) is 12.2. The summed E-state index contributed by atoms with van der Waals surface area (Å²) >= 11 is 3.56. The van der Waals surface area contributed by atoms with Crippen LogP contribution in [0.3, 0.4) is 0 Å². The van der Waals surface area contributed by atoms with Crippen molar-refractivity contribution in [1.29, 1.82) is 0 Å². The van der Waals surface area contributed by atoms with Crippen molar-refractivity contribution in [3.05, 3.63) is 98.1 Å². The van der Waals surface area contributed by atoms with Crippen LogP contribution in [0.5, 0.6) is 0 Å². The first-order valence-electron chi connectivity index (χ1n) is 9.65. The van der Waals surface area contributed by atoms with Crippen LogP contribution in [-0.2, 0) is 0 Å². The van der Waals surface area contributed by atoms with Gasteiger partial charge in [0.25, 0.3) is 5.56 Å². The number of para-hydroxylation sites is 1. The van der Waals surface area contributed by atoms with Crippen LogP contribution in [0.4, 0.5) is 10.1 Å². The van der Waals surface area contributed by atoms with E-state index in [4.69, 9.17) is 4.98 Å². The predicted octanol–water partition coefficient (Wildman–Crippen LogP) is 6.05. The van der Waals surface area contributed by atoms with Gasteiger partial charge in [-0.3, -0.25) is 9.20 Å². The van der Waals surface area contributed by atoms with E-state index in [1.807, 2.05) is 44.2 Å². The topological polar surface area (TPSA) is 46.4 Å². The molecule has 4 nitrogen and oxygen atoms in total. The van der Waals surface area contributed by atoms with Crippen LogP contribution in [0, 0.1) is 19.7 Å². The summed E-state index contributed by atoms with van der Waals surface area (Å²) in [6.45, 7) is 5.71. The van der Waals surface area contributed by atoms with Crippen molar-refractivity contribution in [1.82, 2.24) is 9.38 Å². The molecule has 4 rings (SSSR count). The Morgan fingerprint density at radius 3 is 2.60 bits per heavy atom. The molecule has 0 aliphatic carbocycles. The monoisotopic (exact) mass is 465 g/mol. The molecule has 1 unspecified atom stereocenters. The van der Waals surface area contributed by atoms with Gasteiger partial charge >= 0.3 is 0 Å². The van der Waals surface area contributed by atoms with Crippen LogP contribution < -0.4 is 10.9 Å². The van der Waals surface area contributed by atoms with E-state index in [2.05, 4.69) is 21.2 Å². The fourth-order valence-electron chi connectivity index (χ4n) is 3.62. The summed E-state index contributed by atoms with van der Waals surface area (Å²) in [5, 5.41) is 3.49. The van der Waals surface area contributed by atoms with Crippen LogP contribution >= 0.6 is 15.9 Å². The number of anilines is 1. The number of hydrogen-bond acceptors (Lipinski definition) is 3. The van der Waals surface area contributed by atoms with Crippen molar-refractivity contribution >= 4 is 27.3 Å². The largest absolute Gasteiger partial charge is 0.377 e. The zero-order valence-electron chi connectivity index (χ0n) is 16.9. The molecule has 2 heterocycles. The van der Waals surface area contributed by atoms with E-state index in [1.165, 1.54) is 12.1 Å². The molecule has 1 N–H and O–H groups in total. The van der Waals surface area contributed by atoms with Crippen molar-refractivity contribution in [3.63, 3.8) is 0 Å². The zero-order chi connectivity index (χ0) is 21.4. The Morgan fingerprint density at radius 2 is 1.87 bits per heavy atom. The number of nitrogens with zero attached hydrogens (tertiary/aromatic N) is 2. The van der Waals surface area contributed by atoms with Crippen LogP contribution in [0.1, 0.15) is 29.7 Å². The third-order valence-electron chi connectivity index (χ3n) is 5.13. The molecule has 152 valence electrons. The van der Waals surface area contributed by atoms with E-state index in [0.717, 1.165) is 21.3 Å². The Labute approximate surface area is 182 Å². The molecule has 0 aliphatic rings. The van der Waals surface area contributed by atoms with E-state index in [9.17, 15) is 9.18 Å². The minimum Gasteiger partial charge on any atom is -0.377 e. The summed E-state index contributed by atoms with van der Waals surface area (Å²) in [7, 11) is 0. The third kappa shape index (κ3) is 3.75. The van der Waals surface area contributed by atoms with Crippen molar-refractivity contribution in [2.24, 2.45) is 0 Å². The summed E-state index contributed by atoms with van der Waals surface area (Å²) in [6.07, 6.45) is 1.79. The molecule has 0 saturated heterocycles. The third-order valence-corrected chi connectivity index (χ3v) is 5.82. The van der Waals surface area contributed by atoms with Crippen LogP contribution in [0.2, 0.25) is 0 Å². The maximum Gasteiger partial charge on any atom is 0.261 e. The molecule has 6 heteroatoms. The van der Waals surface area contributed by atoms with Gasteiger partial charge in [-0.05, 0) is 72.6 Å². The van der Waals surface area contributed by atoms with Crippen molar-refractivity contribution in [2.45, 2.75) is 26.8 Å². The number of nitrogens with one attached hydrogen (secondary N) is 1. The standard InChI is InChI=1S/C24H21BrFN3O/c1-14-11-19(16(3)27-21-10-5-4-9-20(21)25)23-28-22(15(2)24(30)29(23)13-14)17-7-6-8-18(26)12-17/h4-13,16,27H,1-3H3. The molecule has 0 radical (unpaired) electrons. The van der Waals surface area contributed by atoms with E-state index in [-0.39, 0.29) is 17.4 Å². The van der Waals surface area contributed by atoms with Gasteiger partial charge in [0.2, 0.25) is 0 Å². The summed E-state index contributed by atoms with van der Waals surface area (Å²) in [4.78, 5) is 18.0. The van der Waals surface area contributed by atoms with Gasteiger partial charge in [0.1, 0.15) is 11.5 Å². The second kappa shape index (κ2) is 8.03. The highest BCUT2D eigenvalue weighted by atomic mass is 79.9. The molecule has 1 atom stereocenters. The number of halogens is 2. The fourth-order valence-corrected chi connectivity index (χ4v) is 4.02. The van der Waals surface area contributed by atoms with E-state index in [1.54, 1.807) is 29.7 Å². The first-order valence-corrected chi connectivity index (χ1v) is 10.4. The van der Waals surface area contributed by atoms with E-state index in [0.29, 0.717) is 22.5 Å².